The Bertz CT molecular complexity index is 1180. The van der Waals surface area contributed by atoms with Gasteiger partial charge in [-0.3, -0.25) is 0 Å². The lowest BCUT2D eigenvalue weighted by atomic mass is 10.1. The fourth-order valence-electron chi connectivity index (χ4n) is 3.76. The van der Waals surface area contributed by atoms with Gasteiger partial charge in [-0.1, -0.05) is 30.3 Å². The number of ether oxygens (including phenoxy) is 2. The molecular formula is C23H24N2O5S2. The summed E-state index contributed by atoms with van der Waals surface area (Å²) in [5, 5.41) is 1.71. The highest BCUT2D eigenvalue weighted by Crippen LogP contribution is 2.37. The van der Waals surface area contributed by atoms with Crippen LogP contribution in [0.4, 0.5) is 5.69 Å². The summed E-state index contributed by atoms with van der Waals surface area (Å²) in [6.45, 7) is 1.73. The van der Waals surface area contributed by atoms with E-state index in [1.54, 1.807) is 12.5 Å². The van der Waals surface area contributed by atoms with Crippen LogP contribution in [0.2, 0.25) is 0 Å². The van der Waals surface area contributed by atoms with Gasteiger partial charge in [-0.25, -0.2) is 13.2 Å². The summed E-state index contributed by atoms with van der Waals surface area (Å²) >= 11 is 1.09. The lowest BCUT2D eigenvalue weighted by molar-refractivity contribution is 0.0602. The monoisotopic (exact) mass is 472 g/mol. The SMILES string of the molecule is COC(=O)c1scc(-c2ccccc2)c1S(=O)(=O)N1CCN(c2ccc(OC)cc2)CC1. The third-order valence-corrected chi connectivity index (χ3v) is 8.55. The first-order chi connectivity index (χ1) is 15.5. The van der Waals surface area contributed by atoms with E-state index in [-0.39, 0.29) is 9.77 Å². The van der Waals surface area contributed by atoms with Gasteiger partial charge in [0.1, 0.15) is 15.5 Å². The van der Waals surface area contributed by atoms with Crippen LogP contribution in [0.5, 0.6) is 5.75 Å². The third-order valence-electron chi connectivity index (χ3n) is 5.48. The summed E-state index contributed by atoms with van der Waals surface area (Å²) in [6.07, 6.45) is 0. The van der Waals surface area contributed by atoms with Crippen LogP contribution in [0.3, 0.4) is 0 Å². The van der Waals surface area contributed by atoms with E-state index in [1.165, 1.54) is 11.4 Å². The largest absolute Gasteiger partial charge is 0.497 e. The highest BCUT2D eigenvalue weighted by atomic mass is 32.2. The molecular weight excluding hydrogens is 448 g/mol. The highest BCUT2D eigenvalue weighted by Gasteiger charge is 2.36. The number of carbonyl (C=O) groups is 1. The molecule has 2 heterocycles. The topological polar surface area (TPSA) is 76.2 Å². The Hall–Kier alpha value is -2.88. The normalized spacial score (nSPS) is 14.9. The van der Waals surface area contributed by atoms with Gasteiger partial charge >= 0.3 is 5.97 Å². The van der Waals surface area contributed by atoms with Crippen molar-refractivity contribution < 1.29 is 22.7 Å². The van der Waals surface area contributed by atoms with E-state index < -0.39 is 16.0 Å². The second kappa shape index (κ2) is 9.32. The number of rotatable bonds is 6. The highest BCUT2D eigenvalue weighted by molar-refractivity contribution is 7.89. The van der Waals surface area contributed by atoms with Crippen LogP contribution in [-0.4, -0.2) is 59.1 Å². The minimum atomic E-state index is -3.90. The number of anilines is 1. The van der Waals surface area contributed by atoms with Crippen LogP contribution in [0.25, 0.3) is 11.1 Å². The number of hydrogen-bond acceptors (Lipinski definition) is 7. The molecule has 2 aromatic carbocycles. The molecule has 0 saturated carbocycles. The molecule has 0 radical (unpaired) electrons. The molecule has 0 amide bonds. The number of piperazine rings is 1. The van der Waals surface area contributed by atoms with Gasteiger partial charge in [-0.15, -0.1) is 11.3 Å². The molecule has 1 fully saturated rings. The van der Waals surface area contributed by atoms with Crippen molar-refractivity contribution in [3.8, 4) is 16.9 Å². The Labute approximate surface area is 191 Å². The molecule has 0 bridgehead atoms. The standard InChI is InChI=1S/C23H24N2O5S2/c1-29-19-10-8-18(9-11-19)24-12-14-25(15-13-24)32(27,28)22-20(17-6-4-3-5-7-17)16-31-21(22)23(26)30-2/h3-11,16H,12-15H2,1-2H3. The molecule has 0 N–H and O–H groups in total. The number of carbonyl (C=O) groups excluding carboxylic acids is 1. The zero-order chi connectivity index (χ0) is 22.7. The predicted octanol–water partition coefficient (Wildman–Crippen LogP) is 3.72. The molecule has 0 spiro atoms. The first-order valence-corrected chi connectivity index (χ1v) is 12.4. The molecule has 0 atom stereocenters. The van der Waals surface area contributed by atoms with Crippen molar-refractivity contribution in [2.45, 2.75) is 4.90 Å². The average Bonchev–Trinajstić information content (AvgIpc) is 3.30. The van der Waals surface area contributed by atoms with E-state index in [0.29, 0.717) is 31.7 Å². The van der Waals surface area contributed by atoms with Gasteiger partial charge in [-0.05, 0) is 29.8 Å². The van der Waals surface area contributed by atoms with Gasteiger partial charge in [0.2, 0.25) is 10.0 Å². The fraction of sp³-hybridized carbons (Fsp3) is 0.261. The van der Waals surface area contributed by atoms with Crippen LogP contribution in [0, 0.1) is 0 Å². The van der Waals surface area contributed by atoms with Gasteiger partial charge in [0, 0.05) is 42.8 Å². The van der Waals surface area contributed by atoms with Crippen LogP contribution in [-0.2, 0) is 14.8 Å². The smallest absolute Gasteiger partial charge is 0.349 e. The van der Waals surface area contributed by atoms with Crippen molar-refractivity contribution in [2.75, 3.05) is 45.3 Å². The van der Waals surface area contributed by atoms with Gasteiger partial charge < -0.3 is 14.4 Å². The Balaban J connectivity index is 1.62. The minimum absolute atomic E-state index is 0.0263. The van der Waals surface area contributed by atoms with Crippen LogP contribution < -0.4 is 9.64 Å². The summed E-state index contributed by atoms with van der Waals surface area (Å²) in [4.78, 5) is 14.6. The third kappa shape index (κ3) is 4.23. The number of hydrogen-bond donors (Lipinski definition) is 0. The van der Waals surface area contributed by atoms with E-state index in [0.717, 1.165) is 28.3 Å². The second-order valence-electron chi connectivity index (χ2n) is 7.25. The summed E-state index contributed by atoms with van der Waals surface area (Å²) in [6, 6.07) is 16.9. The first kappa shape index (κ1) is 22.3. The number of methoxy groups -OCH3 is 2. The molecule has 9 heteroatoms. The average molecular weight is 473 g/mol. The van der Waals surface area contributed by atoms with E-state index in [2.05, 4.69) is 4.90 Å². The van der Waals surface area contributed by atoms with Gasteiger partial charge in [0.25, 0.3) is 0 Å². The molecule has 0 aliphatic carbocycles. The molecule has 1 aliphatic heterocycles. The Kier molecular flexibility index (Phi) is 6.50. The van der Waals surface area contributed by atoms with E-state index in [1.807, 2.05) is 54.6 Å². The quantitative estimate of drug-likeness (QED) is 0.509. The molecule has 4 rings (SSSR count). The van der Waals surface area contributed by atoms with Gasteiger partial charge in [-0.2, -0.15) is 4.31 Å². The number of sulfonamides is 1. The van der Waals surface area contributed by atoms with Crippen molar-refractivity contribution in [3.05, 3.63) is 64.9 Å². The number of thiophene rings is 1. The van der Waals surface area contributed by atoms with Crippen LogP contribution >= 0.6 is 11.3 Å². The second-order valence-corrected chi connectivity index (χ2v) is 10.0. The molecule has 32 heavy (non-hydrogen) atoms. The Morgan fingerprint density at radius 2 is 1.59 bits per heavy atom. The molecule has 0 unspecified atom stereocenters. The molecule has 7 nitrogen and oxygen atoms in total. The van der Waals surface area contributed by atoms with E-state index >= 15 is 0 Å². The summed E-state index contributed by atoms with van der Waals surface area (Å²) < 4.78 is 38.9. The summed E-state index contributed by atoms with van der Waals surface area (Å²) in [7, 11) is -1.02. The van der Waals surface area contributed by atoms with Crippen molar-refractivity contribution in [1.29, 1.82) is 0 Å². The zero-order valence-corrected chi connectivity index (χ0v) is 19.5. The van der Waals surface area contributed by atoms with Crippen molar-refractivity contribution in [1.82, 2.24) is 4.31 Å². The summed E-state index contributed by atoms with van der Waals surface area (Å²) in [5.74, 6) is 0.129. The summed E-state index contributed by atoms with van der Waals surface area (Å²) in [5.41, 5.74) is 2.28. The molecule has 168 valence electrons. The maximum Gasteiger partial charge on any atom is 0.349 e. The Morgan fingerprint density at radius 3 is 2.19 bits per heavy atom. The van der Waals surface area contributed by atoms with Gasteiger partial charge in [0.05, 0.1) is 14.2 Å². The lowest BCUT2D eigenvalue weighted by Gasteiger charge is -2.35. The molecule has 1 aromatic heterocycles. The molecule has 1 aliphatic rings. The van der Waals surface area contributed by atoms with E-state index in [9.17, 15) is 13.2 Å². The predicted molar refractivity (Wildman–Crippen MR) is 125 cm³/mol. The van der Waals surface area contributed by atoms with Crippen LogP contribution in [0.1, 0.15) is 9.67 Å². The minimum Gasteiger partial charge on any atom is -0.497 e. The fourth-order valence-corrected chi connectivity index (χ4v) is 6.86. The molecule has 1 saturated heterocycles. The lowest BCUT2D eigenvalue weighted by Crippen LogP contribution is -2.48. The molecule has 3 aromatic rings. The van der Waals surface area contributed by atoms with Gasteiger partial charge in [0.15, 0.2) is 0 Å². The van der Waals surface area contributed by atoms with Crippen molar-refractivity contribution >= 4 is 33.0 Å². The maximum atomic E-state index is 13.7. The number of benzene rings is 2. The van der Waals surface area contributed by atoms with Crippen LogP contribution in [0.15, 0.2) is 64.9 Å². The number of nitrogens with zero attached hydrogens (tertiary/aromatic N) is 2. The van der Waals surface area contributed by atoms with Crippen molar-refractivity contribution in [2.24, 2.45) is 0 Å². The Morgan fingerprint density at radius 1 is 0.938 bits per heavy atom. The van der Waals surface area contributed by atoms with Crippen molar-refractivity contribution in [3.63, 3.8) is 0 Å². The number of esters is 1. The van der Waals surface area contributed by atoms with E-state index in [4.69, 9.17) is 9.47 Å². The maximum absolute atomic E-state index is 13.7. The zero-order valence-electron chi connectivity index (χ0n) is 17.9. The first-order valence-electron chi connectivity index (χ1n) is 10.1.